The fraction of sp³-hybridized carbons (Fsp3) is 0.529. The van der Waals surface area contributed by atoms with Gasteiger partial charge >= 0.3 is 6.03 Å². The number of benzene rings is 1. The largest absolute Gasteiger partial charge is 0.338 e. The Morgan fingerprint density at radius 3 is 2.33 bits per heavy atom. The molecule has 0 saturated carbocycles. The Balaban J connectivity index is 1.82. The number of halogens is 1. The van der Waals surface area contributed by atoms with Crippen LogP contribution in [0.5, 0.6) is 0 Å². The number of carbonyl (C=O) groups is 2. The van der Waals surface area contributed by atoms with Gasteiger partial charge in [0.15, 0.2) is 6.54 Å². The summed E-state index contributed by atoms with van der Waals surface area (Å²) in [6, 6.07) is 4.19. The van der Waals surface area contributed by atoms with E-state index < -0.39 is 27.8 Å². The number of urea groups is 1. The molecule has 150 valence electrons. The number of imide groups is 1. The molecule has 1 heterocycles. The van der Waals surface area contributed by atoms with E-state index in [1.165, 1.54) is 16.4 Å². The highest BCUT2D eigenvalue weighted by Gasteiger charge is 2.31. The zero-order valence-electron chi connectivity index (χ0n) is 15.5. The highest BCUT2D eigenvalue weighted by molar-refractivity contribution is 7.89. The van der Waals surface area contributed by atoms with Crippen LogP contribution >= 0.6 is 0 Å². The summed E-state index contributed by atoms with van der Waals surface area (Å²) < 4.78 is 39.4. The van der Waals surface area contributed by atoms with Crippen LogP contribution in [0.1, 0.15) is 13.8 Å². The highest BCUT2D eigenvalue weighted by Crippen LogP contribution is 2.15. The van der Waals surface area contributed by atoms with E-state index >= 15 is 0 Å². The first-order chi connectivity index (χ1) is 12.7. The Morgan fingerprint density at radius 2 is 1.78 bits per heavy atom. The summed E-state index contributed by atoms with van der Waals surface area (Å²) in [4.78, 5) is 24.5. The molecule has 3 N–H and O–H groups in total. The molecule has 0 unspecified atom stereocenters. The number of hydrogen-bond donors (Lipinski definition) is 3. The molecule has 1 fully saturated rings. The van der Waals surface area contributed by atoms with Crippen molar-refractivity contribution in [3.63, 3.8) is 0 Å². The molecule has 2 rings (SSSR count). The van der Waals surface area contributed by atoms with E-state index in [4.69, 9.17) is 0 Å². The first-order valence-electron chi connectivity index (χ1n) is 8.85. The molecule has 10 heteroatoms. The van der Waals surface area contributed by atoms with Gasteiger partial charge in [-0.2, -0.15) is 4.31 Å². The van der Waals surface area contributed by atoms with Crippen molar-refractivity contribution in [1.82, 2.24) is 14.9 Å². The van der Waals surface area contributed by atoms with Gasteiger partial charge in [0, 0.05) is 6.54 Å². The summed E-state index contributed by atoms with van der Waals surface area (Å²) in [5, 5.41) is 4.88. The third-order valence-electron chi connectivity index (χ3n) is 4.22. The second kappa shape index (κ2) is 9.25. The van der Waals surface area contributed by atoms with E-state index in [0.29, 0.717) is 19.6 Å². The van der Waals surface area contributed by atoms with E-state index in [2.05, 4.69) is 10.6 Å². The molecule has 0 aliphatic carbocycles. The third kappa shape index (κ3) is 6.26. The van der Waals surface area contributed by atoms with Gasteiger partial charge in [0.1, 0.15) is 5.82 Å². The lowest BCUT2D eigenvalue weighted by Crippen LogP contribution is -3.15. The predicted octanol–water partition coefficient (Wildman–Crippen LogP) is -0.803. The third-order valence-corrected chi connectivity index (χ3v) is 6.13. The Kier molecular flexibility index (Phi) is 7.28. The van der Waals surface area contributed by atoms with Crippen LogP contribution in [-0.2, 0) is 14.8 Å². The van der Waals surface area contributed by atoms with Crippen molar-refractivity contribution in [1.29, 1.82) is 0 Å². The monoisotopic (exact) mass is 401 g/mol. The molecule has 0 spiro atoms. The van der Waals surface area contributed by atoms with Crippen molar-refractivity contribution in [3.8, 4) is 0 Å². The van der Waals surface area contributed by atoms with Crippen molar-refractivity contribution in [2.24, 2.45) is 5.92 Å². The van der Waals surface area contributed by atoms with Crippen LogP contribution in [0.4, 0.5) is 9.18 Å². The molecule has 1 aliphatic heterocycles. The van der Waals surface area contributed by atoms with Gasteiger partial charge in [-0.15, -0.1) is 0 Å². The van der Waals surface area contributed by atoms with Gasteiger partial charge in [-0.25, -0.2) is 17.6 Å². The van der Waals surface area contributed by atoms with E-state index in [1.807, 2.05) is 13.8 Å². The molecule has 1 aromatic rings. The lowest BCUT2D eigenvalue weighted by molar-refractivity contribution is -0.895. The number of carbonyl (C=O) groups excluding carboxylic acids is 2. The van der Waals surface area contributed by atoms with Gasteiger partial charge in [-0.3, -0.25) is 10.1 Å². The average Bonchev–Trinajstić information content (AvgIpc) is 2.60. The number of rotatable bonds is 6. The summed E-state index contributed by atoms with van der Waals surface area (Å²) in [5.74, 6) is -0.611. The Labute approximate surface area is 158 Å². The lowest BCUT2D eigenvalue weighted by Gasteiger charge is -2.31. The maximum absolute atomic E-state index is 13.0. The van der Waals surface area contributed by atoms with Crippen molar-refractivity contribution >= 4 is 22.0 Å². The minimum absolute atomic E-state index is 0.0481. The molecular weight excluding hydrogens is 375 g/mol. The highest BCUT2D eigenvalue weighted by atomic mass is 32.2. The molecule has 3 amide bonds. The maximum Gasteiger partial charge on any atom is 0.321 e. The number of hydrogen-bond acceptors (Lipinski definition) is 4. The fourth-order valence-corrected chi connectivity index (χ4v) is 4.16. The number of nitrogens with zero attached hydrogens (tertiary/aromatic N) is 1. The first-order valence-corrected chi connectivity index (χ1v) is 10.3. The Bertz CT molecular complexity index is 760. The number of sulfonamides is 1. The van der Waals surface area contributed by atoms with Crippen molar-refractivity contribution < 1.29 is 27.3 Å². The van der Waals surface area contributed by atoms with E-state index in [0.717, 1.165) is 17.0 Å². The molecule has 1 aromatic carbocycles. The molecule has 0 radical (unpaired) electrons. The summed E-state index contributed by atoms with van der Waals surface area (Å²) in [6.45, 7) is 5.87. The minimum atomic E-state index is -3.68. The predicted molar refractivity (Wildman–Crippen MR) is 97.1 cm³/mol. The second-order valence-electron chi connectivity index (χ2n) is 6.94. The van der Waals surface area contributed by atoms with Crippen molar-refractivity contribution in [2.75, 3.05) is 39.3 Å². The van der Waals surface area contributed by atoms with Crippen LogP contribution in [0.2, 0.25) is 0 Å². The van der Waals surface area contributed by atoms with Gasteiger partial charge in [0.2, 0.25) is 10.0 Å². The van der Waals surface area contributed by atoms with Crippen LogP contribution < -0.4 is 15.5 Å². The van der Waals surface area contributed by atoms with Crippen molar-refractivity contribution in [2.45, 2.75) is 18.7 Å². The summed E-state index contributed by atoms with van der Waals surface area (Å²) in [5.41, 5.74) is 0. The summed E-state index contributed by atoms with van der Waals surface area (Å²) in [6.07, 6.45) is 0. The summed E-state index contributed by atoms with van der Waals surface area (Å²) in [7, 11) is -3.68. The van der Waals surface area contributed by atoms with Crippen molar-refractivity contribution in [3.05, 3.63) is 30.1 Å². The van der Waals surface area contributed by atoms with Crippen LogP contribution in [0.25, 0.3) is 0 Å². The molecule has 8 nitrogen and oxygen atoms in total. The molecule has 0 atom stereocenters. The van der Waals surface area contributed by atoms with Gasteiger partial charge in [-0.05, 0) is 30.2 Å². The number of quaternary nitrogens is 1. The van der Waals surface area contributed by atoms with E-state index in [9.17, 15) is 22.4 Å². The first kappa shape index (κ1) is 21.3. The zero-order valence-corrected chi connectivity index (χ0v) is 16.3. The average molecular weight is 401 g/mol. The van der Waals surface area contributed by atoms with Gasteiger partial charge in [0.05, 0.1) is 31.1 Å². The fourth-order valence-electron chi connectivity index (χ4n) is 2.71. The Morgan fingerprint density at radius 1 is 1.19 bits per heavy atom. The zero-order chi connectivity index (χ0) is 20.0. The smallest absolute Gasteiger partial charge is 0.321 e. The van der Waals surface area contributed by atoms with Gasteiger partial charge in [0.25, 0.3) is 5.91 Å². The standard InChI is InChI=1S/C17H25FN4O4S/c1-13(2)11-19-17(24)20-16(23)12-21-7-9-22(10-8-21)27(25,26)15-5-3-14(18)4-6-15/h3-6,13H,7-12H2,1-2H3,(H2,19,20,23,24)/p+1. The maximum atomic E-state index is 13.0. The molecule has 27 heavy (non-hydrogen) atoms. The SMILES string of the molecule is CC(C)CNC(=O)NC(=O)C[NH+]1CCN(S(=O)(=O)c2ccc(F)cc2)CC1. The van der Waals surface area contributed by atoms with E-state index in [1.54, 1.807) is 0 Å². The second-order valence-corrected chi connectivity index (χ2v) is 8.87. The molecule has 1 aliphatic rings. The number of nitrogens with one attached hydrogen (secondary N) is 3. The molecular formula is C17H26FN4O4S+. The van der Waals surface area contributed by atoms with Gasteiger partial charge in [-0.1, -0.05) is 13.8 Å². The number of amides is 3. The lowest BCUT2D eigenvalue weighted by atomic mass is 10.2. The van der Waals surface area contributed by atoms with Crippen LogP contribution in [-0.4, -0.2) is 63.9 Å². The summed E-state index contributed by atoms with van der Waals surface area (Å²) >= 11 is 0. The molecule has 1 saturated heterocycles. The van der Waals surface area contributed by atoms with Crippen LogP contribution in [0.3, 0.4) is 0 Å². The van der Waals surface area contributed by atoms with Crippen LogP contribution in [0, 0.1) is 11.7 Å². The molecule has 0 aromatic heterocycles. The molecule has 0 bridgehead atoms. The van der Waals surface area contributed by atoms with E-state index in [-0.39, 0.29) is 30.4 Å². The Hall–Kier alpha value is -2.04. The van der Waals surface area contributed by atoms with Gasteiger partial charge < -0.3 is 10.2 Å². The quantitative estimate of drug-likeness (QED) is 0.581. The number of piperazine rings is 1. The topological polar surface area (TPSA) is 100 Å². The minimum Gasteiger partial charge on any atom is -0.338 e. The van der Waals surface area contributed by atoms with Crippen LogP contribution in [0.15, 0.2) is 29.2 Å². The normalized spacial score (nSPS) is 16.3.